The molecular weight excluding hydrogens is 458 g/mol. The van der Waals surface area contributed by atoms with E-state index in [4.69, 9.17) is 11.6 Å². The normalized spacial score (nSPS) is 11.0. The third kappa shape index (κ3) is 5.21. The highest BCUT2D eigenvalue weighted by Gasteiger charge is 2.15. The molecule has 0 aliphatic carbocycles. The Kier molecular flexibility index (Phi) is 7.01. The van der Waals surface area contributed by atoms with Crippen LogP contribution in [0.1, 0.15) is 11.1 Å². The number of hydrogen-bond acceptors (Lipinski definition) is 4. The minimum atomic E-state index is -0.734. The van der Waals surface area contributed by atoms with E-state index in [1.807, 2.05) is 42.7 Å². The van der Waals surface area contributed by atoms with Gasteiger partial charge >= 0.3 is 11.1 Å². The van der Waals surface area contributed by atoms with Gasteiger partial charge in [0.15, 0.2) is 0 Å². The lowest BCUT2D eigenvalue weighted by molar-refractivity contribution is -0.121. The zero-order valence-corrected chi connectivity index (χ0v) is 19.5. The number of amides is 1. The van der Waals surface area contributed by atoms with Crippen LogP contribution >= 0.6 is 23.4 Å². The number of carbonyl (C=O) groups excluding carboxylic acids is 1. The van der Waals surface area contributed by atoms with Gasteiger partial charge in [-0.25, -0.2) is 0 Å². The summed E-state index contributed by atoms with van der Waals surface area (Å²) in [6, 6.07) is 22.1. The van der Waals surface area contributed by atoms with Gasteiger partial charge in [0.1, 0.15) is 6.54 Å². The SMILES string of the molecule is CSc1ccc(CNC(=O)Cn2c(=O)c(=O)n(Cc3ccc(Cl)cc3)c3ccccc32)cc1. The maximum Gasteiger partial charge on any atom is 0.317 e. The Morgan fingerprint density at radius 1 is 0.848 bits per heavy atom. The monoisotopic (exact) mass is 479 g/mol. The van der Waals surface area contributed by atoms with E-state index >= 15 is 0 Å². The molecule has 168 valence electrons. The predicted molar refractivity (Wildman–Crippen MR) is 133 cm³/mol. The molecule has 3 aromatic carbocycles. The maximum atomic E-state index is 13.0. The van der Waals surface area contributed by atoms with Gasteiger partial charge in [-0.2, -0.15) is 0 Å². The van der Waals surface area contributed by atoms with Crippen molar-refractivity contribution in [3.05, 3.63) is 110 Å². The smallest absolute Gasteiger partial charge is 0.317 e. The Hall–Kier alpha value is -3.29. The summed E-state index contributed by atoms with van der Waals surface area (Å²) in [6.07, 6.45) is 2.00. The van der Waals surface area contributed by atoms with Crippen molar-refractivity contribution >= 4 is 40.3 Å². The molecule has 1 aromatic heterocycles. The van der Waals surface area contributed by atoms with E-state index in [9.17, 15) is 14.4 Å². The second kappa shape index (κ2) is 10.1. The van der Waals surface area contributed by atoms with Gasteiger partial charge in [-0.1, -0.05) is 48.0 Å². The molecule has 0 spiro atoms. The largest absolute Gasteiger partial charge is 0.350 e. The summed E-state index contributed by atoms with van der Waals surface area (Å²) >= 11 is 7.60. The molecule has 4 rings (SSSR count). The number of hydrogen-bond donors (Lipinski definition) is 1. The summed E-state index contributed by atoms with van der Waals surface area (Å²) < 4.78 is 2.67. The lowest BCUT2D eigenvalue weighted by Gasteiger charge is -2.15. The molecule has 1 N–H and O–H groups in total. The average molecular weight is 480 g/mol. The van der Waals surface area contributed by atoms with Crippen LogP contribution in [-0.2, 0) is 24.4 Å². The number of carbonyl (C=O) groups is 1. The van der Waals surface area contributed by atoms with Crippen LogP contribution in [0.3, 0.4) is 0 Å². The molecule has 1 heterocycles. The zero-order chi connectivity index (χ0) is 23.4. The second-order valence-electron chi connectivity index (χ2n) is 7.52. The van der Waals surface area contributed by atoms with E-state index in [1.54, 1.807) is 48.2 Å². The summed E-state index contributed by atoms with van der Waals surface area (Å²) in [7, 11) is 0. The Labute approximate surface area is 199 Å². The molecule has 6 nitrogen and oxygen atoms in total. The minimum absolute atomic E-state index is 0.227. The number of nitrogens with one attached hydrogen (secondary N) is 1. The first-order chi connectivity index (χ1) is 16.0. The van der Waals surface area contributed by atoms with Crippen LogP contribution in [0.15, 0.2) is 87.3 Å². The molecule has 33 heavy (non-hydrogen) atoms. The lowest BCUT2D eigenvalue weighted by Crippen LogP contribution is -2.44. The van der Waals surface area contributed by atoms with Crippen molar-refractivity contribution in [2.45, 2.75) is 24.5 Å². The summed E-state index contributed by atoms with van der Waals surface area (Å²) in [5.41, 5.74) is 1.49. The van der Waals surface area contributed by atoms with E-state index in [0.29, 0.717) is 22.6 Å². The molecule has 0 saturated heterocycles. The number of para-hydroxylation sites is 2. The Morgan fingerprint density at radius 2 is 1.42 bits per heavy atom. The van der Waals surface area contributed by atoms with Crippen molar-refractivity contribution in [2.24, 2.45) is 0 Å². The van der Waals surface area contributed by atoms with Crippen LogP contribution in [0.2, 0.25) is 5.02 Å². The molecule has 0 fully saturated rings. The Balaban J connectivity index is 1.60. The first-order valence-electron chi connectivity index (χ1n) is 10.3. The number of fused-ring (bicyclic) bond motifs is 1. The number of benzene rings is 3. The van der Waals surface area contributed by atoms with Gasteiger partial charge in [-0.05, 0) is 53.8 Å². The van der Waals surface area contributed by atoms with Gasteiger partial charge in [-0.15, -0.1) is 11.8 Å². The average Bonchev–Trinajstić information content (AvgIpc) is 2.84. The molecule has 1 amide bonds. The second-order valence-corrected chi connectivity index (χ2v) is 8.84. The molecule has 4 aromatic rings. The number of thioether (sulfide) groups is 1. The minimum Gasteiger partial charge on any atom is -0.350 e. The quantitative estimate of drug-likeness (QED) is 0.322. The highest BCUT2D eigenvalue weighted by Crippen LogP contribution is 2.16. The van der Waals surface area contributed by atoms with Gasteiger partial charge in [0.2, 0.25) is 5.91 Å². The zero-order valence-electron chi connectivity index (χ0n) is 18.0. The molecule has 0 aliphatic rings. The van der Waals surface area contributed by atoms with E-state index < -0.39 is 11.1 Å². The van der Waals surface area contributed by atoms with Crippen LogP contribution in [-0.4, -0.2) is 21.3 Å². The van der Waals surface area contributed by atoms with Crippen molar-refractivity contribution in [1.82, 2.24) is 14.5 Å². The Morgan fingerprint density at radius 3 is 2.06 bits per heavy atom. The maximum absolute atomic E-state index is 13.0. The number of aromatic nitrogens is 2. The highest BCUT2D eigenvalue weighted by molar-refractivity contribution is 7.98. The highest BCUT2D eigenvalue weighted by atomic mass is 35.5. The van der Waals surface area contributed by atoms with Gasteiger partial charge < -0.3 is 5.32 Å². The third-order valence-corrected chi connectivity index (χ3v) is 6.34. The fourth-order valence-electron chi connectivity index (χ4n) is 3.60. The van der Waals surface area contributed by atoms with Gasteiger partial charge in [0.25, 0.3) is 0 Å². The van der Waals surface area contributed by atoms with Crippen molar-refractivity contribution in [1.29, 1.82) is 0 Å². The fourth-order valence-corrected chi connectivity index (χ4v) is 4.13. The van der Waals surface area contributed by atoms with Crippen LogP contribution in [0, 0.1) is 0 Å². The summed E-state index contributed by atoms with van der Waals surface area (Å²) in [5.74, 6) is -0.342. The molecule has 0 radical (unpaired) electrons. The van der Waals surface area contributed by atoms with Crippen molar-refractivity contribution < 1.29 is 4.79 Å². The number of nitrogens with zero attached hydrogens (tertiary/aromatic N) is 2. The standard InChI is InChI=1S/C25H22ClN3O3S/c1-33-20-12-8-17(9-13-20)14-27-23(30)16-29-22-5-3-2-4-21(22)28(24(31)25(29)32)15-18-6-10-19(26)11-7-18/h2-13H,14-16H2,1H3,(H,27,30). The molecule has 0 bridgehead atoms. The van der Waals surface area contributed by atoms with Gasteiger partial charge in [0.05, 0.1) is 17.6 Å². The number of rotatable bonds is 7. The summed E-state index contributed by atoms with van der Waals surface area (Å²) in [4.78, 5) is 39.7. The fraction of sp³-hybridized carbons (Fsp3) is 0.160. The molecule has 8 heteroatoms. The number of halogens is 1. The van der Waals surface area contributed by atoms with Crippen molar-refractivity contribution in [3.63, 3.8) is 0 Å². The van der Waals surface area contributed by atoms with Crippen LogP contribution < -0.4 is 16.4 Å². The Bertz CT molecular complexity index is 1410. The van der Waals surface area contributed by atoms with E-state index in [-0.39, 0.29) is 19.0 Å². The van der Waals surface area contributed by atoms with E-state index in [2.05, 4.69) is 5.32 Å². The van der Waals surface area contributed by atoms with Gasteiger partial charge in [0, 0.05) is 16.5 Å². The molecule has 0 atom stereocenters. The van der Waals surface area contributed by atoms with Crippen LogP contribution in [0.4, 0.5) is 0 Å². The summed E-state index contributed by atoms with van der Waals surface area (Å²) in [5, 5.41) is 3.42. The molecular formula is C25H22ClN3O3S. The van der Waals surface area contributed by atoms with Crippen molar-refractivity contribution in [3.8, 4) is 0 Å². The molecule has 0 aliphatic heterocycles. The topological polar surface area (TPSA) is 73.1 Å². The first-order valence-corrected chi connectivity index (χ1v) is 11.9. The first kappa shape index (κ1) is 22.9. The van der Waals surface area contributed by atoms with Gasteiger partial charge in [-0.3, -0.25) is 23.5 Å². The predicted octanol–water partition coefficient (Wildman–Crippen LogP) is 3.90. The molecule has 0 unspecified atom stereocenters. The van der Waals surface area contributed by atoms with Crippen molar-refractivity contribution in [2.75, 3.05) is 6.26 Å². The van der Waals surface area contributed by atoms with Crippen LogP contribution in [0.5, 0.6) is 0 Å². The molecule has 0 saturated carbocycles. The van der Waals surface area contributed by atoms with Crippen LogP contribution in [0.25, 0.3) is 11.0 Å². The third-order valence-electron chi connectivity index (χ3n) is 5.34. The lowest BCUT2D eigenvalue weighted by atomic mass is 10.2. The summed E-state index contributed by atoms with van der Waals surface area (Å²) in [6.45, 7) is 0.331. The van der Waals surface area contributed by atoms with E-state index in [1.165, 1.54) is 9.13 Å². The van der Waals surface area contributed by atoms with E-state index in [0.717, 1.165) is 16.0 Å².